The molecule has 1 aliphatic carbocycles. The summed E-state index contributed by atoms with van der Waals surface area (Å²) >= 11 is 0. The second-order valence-corrected chi connectivity index (χ2v) is 4.77. The van der Waals surface area contributed by atoms with Gasteiger partial charge in [0.25, 0.3) is 0 Å². The fraction of sp³-hybridized carbons (Fsp3) is 1.00. The van der Waals surface area contributed by atoms with Crippen molar-refractivity contribution in [2.45, 2.75) is 56.9 Å². The lowest BCUT2D eigenvalue weighted by atomic mass is 9.94. The Morgan fingerprint density at radius 1 is 1.07 bits per heavy atom. The SMILES string of the molecule is FC1(F)CCC(C2CCCCCN2)C1. The van der Waals surface area contributed by atoms with Crippen molar-refractivity contribution in [3.8, 4) is 0 Å². The van der Waals surface area contributed by atoms with Crippen LogP contribution in [0.5, 0.6) is 0 Å². The third kappa shape index (κ3) is 2.44. The van der Waals surface area contributed by atoms with Crippen LogP contribution in [0.15, 0.2) is 0 Å². The Kier molecular flexibility index (Phi) is 3.05. The second kappa shape index (κ2) is 4.13. The van der Waals surface area contributed by atoms with Crippen LogP contribution in [0.1, 0.15) is 44.9 Å². The molecule has 1 saturated carbocycles. The van der Waals surface area contributed by atoms with E-state index in [0.717, 1.165) is 13.0 Å². The van der Waals surface area contributed by atoms with Crippen LogP contribution < -0.4 is 5.32 Å². The van der Waals surface area contributed by atoms with Gasteiger partial charge in [0.1, 0.15) is 0 Å². The van der Waals surface area contributed by atoms with Crippen LogP contribution in [0, 0.1) is 5.92 Å². The molecule has 0 aromatic heterocycles. The van der Waals surface area contributed by atoms with Gasteiger partial charge in [-0.3, -0.25) is 0 Å². The van der Waals surface area contributed by atoms with Crippen molar-refractivity contribution in [1.29, 1.82) is 0 Å². The molecule has 82 valence electrons. The quantitative estimate of drug-likeness (QED) is 0.691. The molecule has 0 aromatic rings. The Balaban J connectivity index is 1.88. The number of nitrogens with one attached hydrogen (secondary N) is 1. The zero-order valence-electron chi connectivity index (χ0n) is 8.57. The number of hydrogen-bond donors (Lipinski definition) is 1. The Hall–Kier alpha value is -0.180. The van der Waals surface area contributed by atoms with E-state index in [1.165, 1.54) is 19.3 Å². The minimum absolute atomic E-state index is 0.107. The summed E-state index contributed by atoms with van der Waals surface area (Å²) in [5.41, 5.74) is 0. The fourth-order valence-corrected chi connectivity index (χ4v) is 2.79. The van der Waals surface area contributed by atoms with E-state index in [1.807, 2.05) is 0 Å². The molecule has 1 heterocycles. The Labute approximate surface area is 84.3 Å². The van der Waals surface area contributed by atoms with E-state index in [-0.39, 0.29) is 18.8 Å². The summed E-state index contributed by atoms with van der Waals surface area (Å²) in [6.45, 7) is 1.02. The first kappa shape index (κ1) is 10.3. The molecular formula is C11H19F2N. The van der Waals surface area contributed by atoms with Gasteiger partial charge in [-0.25, -0.2) is 8.78 Å². The van der Waals surface area contributed by atoms with E-state index in [9.17, 15) is 8.78 Å². The standard InChI is InChI=1S/C11H19F2N/c12-11(13)6-5-9(8-11)10-4-2-1-3-7-14-10/h9-10,14H,1-8H2. The Morgan fingerprint density at radius 2 is 1.93 bits per heavy atom. The van der Waals surface area contributed by atoms with Crippen molar-refractivity contribution >= 4 is 0 Å². The first-order chi connectivity index (χ1) is 6.67. The lowest BCUT2D eigenvalue weighted by Gasteiger charge is -2.22. The molecule has 0 spiro atoms. The molecule has 1 nitrogen and oxygen atoms in total. The van der Waals surface area contributed by atoms with Crippen molar-refractivity contribution in [1.82, 2.24) is 5.32 Å². The molecular weight excluding hydrogens is 184 g/mol. The summed E-state index contributed by atoms with van der Waals surface area (Å²) in [4.78, 5) is 0. The molecule has 2 rings (SSSR count). The monoisotopic (exact) mass is 203 g/mol. The summed E-state index contributed by atoms with van der Waals surface area (Å²) in [5.74, 6) is -2.15. The van der Waals surface area contributed by atoms with Gasteiger partial charge in [0.05, 0.1) is 0 Å². The molecule has 2 aliphatic rings. The highest BCUT2D eigenvalue weighted by molar-refractivity contribution is 4.89. The molecule has 14 heavy (non-hydrogen) atoms. The predicted octanol–water partition coefficient (Wildman–Crippen LogP) is 2.95. The smallest absolute Gasteiger partial charge is 0.248 e. The third-order valence-corrected chi connectivity index (χ3v) is 3.61. The van der Waals surface area contributed by atoms with Crippen LogP contribution in [0.2, 0.25) is 0 Å². The molecule has 0 bridgehead atoms. The molecule has 1 N–H and O–H groups in total. The van der Waals surface area contributed by atoms with E-state index in [4.69, 9.17) is 0 Å². The van der Waals surface area contributed by atoms with Gasteiger partial charge in [0, 0.05) is 18.9 Å². The molecule has 2 fully saturated rings. The molecule has 2 atom stereocenters. The lowest BCUT2D eigenvalue weighted by molar-refractivity contribution is 0.00323. The average Bonchev–Trinajstić information content (AvgIpc) is 2.42. The maximum Gasteiger partial charge on any atom is 0.248 e. The Morgan fingerprint density at radius 3 is 2.64 bits per heavy atom. The van der Waals surface area contributed by atoms with Crippen LogP contribution >= 0.6 is 0 Å². The zero-order chi connectivity index (χ0) is 10.0. The largest absolute Gasteiger partial charge is 0.314 e. The van der Waals surface area contributed by atoms with E-state index >= 15 is 0 Å². The van der Waals surface area contributed by atoms with Crippen LogP contribution in [0.4, 0.5) is 8.78 Å². The number of hydrogen-bond acceptors (Lipinski definition) is 1. The molecule has 2 unspecified atom stereocenters. The first-order valence-electron chi connectivity index (χ1n) is 5.79. The maximum absolute atomic E-state index is 13.0. The Bertz CT molecular complexity index is 183. The highest BCUT2D eigenvalue weighted by Crippen LogP contribution is 2.41. The van der Waals surface area contributed by atoms with Gasteiger partial charge in [-0.1, -0.05) is 12.8 Å². The number of halogens is 2. The summed E-state index contributed by atoms with van der Waals surface area (Å²) in [6, 6.07) is 0.367. The van der Waals surface area contributed by atoms with E-state index in [1.54, 1.807) is 0 Å². The van der Waals surface area contributed by atoms with Gasteiger partial charge in [-0.2, -0.15) is 0 Å². The number of alkyl halides is 2. The van der Waals surface area contributed by atoms with Crippen LogP contribution in [-0.4, -0.2) is 18.5 Å². The first-order valence-corrected chi connectivity index (χ1v) is 5.79. The average molecular weight is 203 g/mol. The molecule has 0 radical (unpaired) electrons. The minimum atomic E-state index is -2.38. The van der Waals surface area contributed by atoms with Crippen molar-refractivity contribution in [2.75, 3.05) is 6.54 Å². The third-order valence-electron chi connectivity index (χ3n) is 3.61. The normalized spacial score (nSPS) is 38.1. The van der Waals surface area contributed by atoms with Crippen molar-refractivity contribution in [3.05, 3.63) is 0 Å². The minimum Gasteiger partial charge on any atom is -0.314 e. The van der Waals surface area contributed by atoms with E-state index in [0.29, 0.717) is 12.5 Å². The van der Waals surface area contributed by atoms with Crippen LogP contribution in [0.25, 0.3) is 0 Å². The van der Waals surface area contributed by atoms with Crippen molar-refractivity contribution in [3.63, 3.8) is 0 Å². The summed E-state index contributed by atoms with van der Waals surface area (Å²) in [7, 11) is 0. The second-order valence-electron chi connectivity index (χ2n) is 4.77. The van der Waals surface area contributed by atoms with Gasteiger partial charge in [-0.15, -0.1) is 0 Å². The number of rotatable bonds is 1. The van der Waals surface area contributed by atoms with Gasteiger partial charge < -0.3 is 5.32 Å². The van der Waals surface area contributed by atoms with Gasteiger partial charge in [-0.05, 0) is 31.7 Å². The summed E-state index contributed by atoms with van der Waals surface area (Å²) in [5, 5.41) is 3.43. The highest BCUT2D eigenvalue weighted by atomic mass is 19.3. The molecule has 3 heteroatoms. The van der Waals surface area contributed by atoms with Gasteiger partial charge in [0.2, 0.25) is 5.92 Å². The van der Waals surface area contributed by atoms with Gasteiger partial charge >= 0.3 is 0 Å². The molecule has 0 amide bonds. The van der Waals surface area contributed by atoms with Crippen molar-refractivity contribution < 1.29 is 8.78 Å². The van der Waals surface area contributed by atoms with E-state index in [2.05, 4.69) is 5.32 Å². The summed E-state index contributed by atoms with van der Waals surface area (Å²) < 4.78 is 26.0. The van der Waals surface area contributed by atoms with E-state index < -0.39 is 5.92 Å². The lowest BCUT2D eigenvalue weighted by Crippen LogP contribution is -2.35. The summed E-state index contributed by atoms with van der Waals surface area (Å²) in [6.07, 6.45) is 5.71. The zero-order valence-corrected chi connectivity index (χ0v) is 8.57. The van der Waals surface area contributed by atoms with Crippen molar-refractivity contribution in [2.24, 2.45) is 5.92 Å². The van der Waals surface area contributed by atoms with Crippen LogP contribution in [0.3, 0.4) is 0 Å². The topological polar surface area (TPSA) is 12.0 Å². The molecule has 1 saturated heterocycles. The molecule has 0 aromatic carbocycles. The maximum atomic E-state index is 13.0. The predicted molar refractivity (Wildman–Crippen MR) is 52.5 cm³/mol. The highest BCUT2D eigenvalue weighted by Gasteiger charge is 2.42. The van der Waals surface area contributed by atoms with Crippen LogP contribution in [-0.2, 0) is 0 Å². The molecule has 1 aliphatic heterocycles. The fourth-order valence-electron chi connectivity index (χ4n) is 2.79. The van der Waals surface area contributed by atoms with Gasteiger partial charge in [0.15, 0.2) is 0 Å².